The van der Waals surface area contributed by atoms with Crippen molar-refractivity contribution >= 4 is 34.6 Å². The summed E-state index contributed by atoms with van der Waals surface area (Å²) in [6, 6.07) is 7.78. The Kier molecular flexibility index (Phi) is 4.35. The summed E-state index contributed by atoms with van der Waals surface area (Å²) in [7, 11) is 0. The number of nitrogens with one attached hydrogen (secondary N) is 4. The predicted molar refractivity (Wildman–Crippen MR) is 114 cm³/mol. The molecule has 4 heterocycles. The highest BCUT2D eigenvalue weighted by molar-refractivity contribution is 6.05. The summed E-state index contributed by atoms with van der Waals surface area (Å²) >= 11 is 0. The van der Waals surface area contributed by atoms with E-state index in [2.05, 4.69) is 25.9 Å². The summed E-state index contributed by atoms with van der Waals surface area (Å²) in [5, 5.41) is 9.60. The van der Waals surface area contributed by atoms with Crippen LogP contribution in [0.3, 0.4) is 0 Å². The Labute approximate surface area is 167 Å². The predicted octanol–water partition coefficient (Wildman–Crippen LogP) is 1.70. The summed E-state index contributed by atoms with van der Waals surface area (Å²) < 4.78 is 1.92. The molecule has 8 heteroatoms. The van der Waals surface area contributed by atoms with Crippen LogP contribution in [0.5, 0.6) is 0 Å². The Morgan fingerprint density at radius 2 is 2.07 bits per heavy atom. The Morgan fingerprint density at radius 3 is 2.90 bits per heavy atom. The van der Waals surface area contributed by atoms with Crippen molar-refractivity contribution in [2.24, 2.45) is 10.9 Å². The number of aliphatic imine (C=N–C) groups is 1. The zero-order valence-corrected chi connectivity index (χ0v) is 16.3. The number of carbonyl (C=O) groups excluding carboxylic acids is 1. The minimum absolute atomic E-state index is 0.136. The average molecular weight is 392 g/mol. The van der Waals surface area contributed by atoms with Crippen LogP contribution < -0.4 is 21.4 Å². The van der Waals surface area contributed by atoms with E-state index in [1.165, 1.54) is 0 Å². The van der Waals surface area contributed by atoms with Crippen LogP contribution in [-0.4, -0.2) is 47.3 Å². The zero-order valence-electron chi connectivity index (χ0n) is 16.3. The number of benzene rings is 1. The quantitative estimate of drug-likeness (QED) is 0.545. The first kappa shape index (κ1) is 17.9. The Balaban J connectivity index is 1.64. The van der Waals surface area contributed by atoms with Crippen molar-refractivity contribution in [1.29, 1.82) is 0 Å². The largest absolute Gasteiger partial charge is 0.352 e. The lowest BCUT2D eigenvalue weighted by Gasteiger charge is -2.23. The molecule has 1 aromatic carbocycles. The van der Waals surface area contributed by atoms with Gasteiger partial charge >= 0.3 is 0 Å². The van der Waals surface area contributed by atoms with Gasteiger partial charge in [-0.1, -0.05) is 12.1 Å². The van der Waals surface area contributed by atoms with Crippen molar-refractivity contribution in [3.8, 4) is 0 Å². The summed E-state index contributed by atoms with van der Waals surface area (Å²) in [4.78, 5) is 34.0. The van der Waals surface area contributed by atoms with Gasteiger partial charge in [0.2, 0.25) is 5.43 Å². The molecule has 1 atom stereocenters. The number of rotatable bonds is 3. The highest BCUT2D eigenvalue weighted by Gasteiger charge is 2.27. The molecule has 29 heavy (non-hydrogen) atoms. The van der Waals surface area contributed by atoms with Crippen LogP contribution in [0.15, 0.2) is 34.1 Å². The molecular formula is C21H24N6O2. The molecule has 0 radical (unpaired) electrons. The van der Waals surface area contributed by atoms with E-state index in [0.717, 1.165) is 37.0 Å². The average Bonchev–Trinajstić information content (AvgIpc) is 3.12. The van der Waals surface area contributed by atoms with Crippen LogP contribution in [0, 0.1) is 5.92 Å². The first-order chi connectivity index (χ1) is 14.1. The number of amides is 1. The maximum atomic E-state index is 13.3. The third-order valence-electron chi connectivity index (χ3n) is 5.82. The number of hydrogen-bond donors (Lipinski definition) is 4. The molecule has 1 fully saturated rings. The smallest absolute Gasteiger partial charge is 0.259 e. The van der Waals surface area contributed by atoms with E-state index >= 15 is 0 Å². The van der Waals surface area contributed by atoms with Gasteiger partial charge in [0.15, 0.2) is 0 Å². The van der Waals surface area contributed by atoms with Crippen LogP contribution in [0.2, 0.25) is 0 Å². The molecule has 2 aliphatic heterocycles. The van der Waals surface area contributed by atoms with E-state index in [9.17, 15) is 9.59 Å². The van der Waals surface area contributed by atoms with Gasteiger partial charge in [0, 0.05) is 12.8 Å². The first-order valence-corrected chi connectivity index (χ1v) is 10.1. The molecule has 0 bridgehead atoms. The molecule has 5 rings (SSSR count). The maximum Gasteiger partial charge on any atom is 0.259 e. The summed E-state index contributed by atoms with van der Waals surface area (Å²) in [5.74, 6) is 0.759. The van der Waals surface area contributed by atoms with E-state index in [4.69, 9.17) is 0 Å². The van der Waals surface area contributed by atoms with Gasteiger partial charge in [-0.2, -0.15) is 0 Å². The molecule has 3 aromatic rings. The molecule has 150 valence electrons. The molecule has 8 nitrogen and oxygen atoms in total. The fourth-order valence-electron chi connectivity index (χ4n) is 4.26. The van der Waals surface area contributed by atoms with Crippen molar-refractivity contribution in [3.05, 3.63) is 45.6 Å². The number of anilines is 1. The molecule has 0 aliphatic carbocycles. The van der Waals surface area contributed by atoms with Gasteiger partial charge in [-0.15, -0.1) is 0 Å². The molecule has 2 aromatic heterocycles. The SMILES string of the molecule is CC1N=Cc2c(n3c([nH]c4ccccc43)c(C(=O)NCC3CCNCC3)c2=O)N1. The van der Waals surface area contributed by atoms with Gasteiger partial charge in [-0.25, -0.2) is 0 Å². The number of nitrogens with zero attached hydrogens (tertiary/aromatic N) is 2. The van der Waals surface area contributed by atoms with E-state index in [1.807, 2.05) is 35.6 Å². The van der Waals surface area contributed by atoms with E-state index in [-0.39, 0.29) is 23.1 Å². The number of fused-ring (bicyclic) bond motifs is 5. The number of H-pyrrole nitrogens is 1. The number of aromatic amines is 1. The second kappa shape index (κ2) is 7.04. The number of carbonyl (C=O) groups is 1. The van der Waals surface area contributed by atoms with E-state index in [1.54, 1.807) is 6.21 Å². The third kappa shape index (κ3) is 3.00. The molecule has 4 N–H and O–H groups in total. The van der Waals surface area contributed by atoms with Crippen molar-refractivity contribution in [2.45, 2.75) is 25.9 Å². The van der Waals surface area contributed by atoms with Gasteiger partial charge in [-0.05, 0) is 50.9 Å². The van der Waals surface area contributed by atoms with Crippen molar-refractivity contribution < 1.29 is 4.79 Å². The minimum atomic E-state index is -0.340. The monoisotopic (exact) mass is 392 g/mol. The van der Waals surface area contributed by atoms with Gasteiger partial charge in [0.25, 0.3) is 5.91 Å². The second-order valence-electron chi connectivity index (χ2n) is 7.79. The highest BCUT2D eigenvalue weighted by atomic mass is 16.2. The molecule has 1 unspecified atom stereocenters. The second-order valence-corrected chi connectivity index (χ2v) is 7.79. The highest BCUT2D eigenvalue weighted by Crippen LogP contribution is 2.26. The number of piperidine rings is 1. The fraction of sp³-hybridized carbons (Fsp3) is 0.381. The summed E-state index contributed by atoms with van der Waals surface area (Å²) in [6.07, 6.45) is 3.49. The lowest BCUT2D eigenvalue weighted by Crippen LogP contribution is -2.38. The molecule has 1 amide bonds. The molecule has 1 saturated heterocycles. The number of para-hydroxylation sites is 2. The Bertz CT molecular complexity index is 1190. The first-order valence-electron chi connectivity index (χ1n) is 10.1. The van der Waals surface area contributed by atoms with Crippen LogP contribution in [0.4, 0.5) is 5.82 Å². The van der Waals surface area contributed by atoms with Crippen LogP contribution in [-0.2, 0) is 0 Å². The third-order valence-corrected chi connectivity index (χ3v) is 5.82. The fourth-order valence-corrected chi connectivity index (χ4v) is 4.26. The van der Waals surface area contributed by atoms with Crippen molar-refractivity contribution in [3.63, 3.8) is 0 Å². The normalized spacial score (nSPS) is 19.3. The topological polar surface area (TPSA) is 103 Å². The number of aromatic nitrogens is 2. The van der Waals surface area contributed by atoms with Crippen LogP contribution in [0.1, 0.15) is 35.7 Å². The van der Waals surface area contributed by atoms with Gasteiger partial charge < -0.3 is 20.9 Å². The summed E-state index contributed by atoms with van der Waals surface area (Å²) in [6.45, 7) is 4.43. The molecule has 0 saturated carbocycles. The molecular weight excluding hydrogens is 368 g/mol. The van der Waals surface area contributed by atoms with Gasteiger partial charge in [-0.3, -0.25) is 19.0 Å². The van der Waals surface area contributed by atoms with E-state index < -0.39 is 0 Å². The molecule has 2 aliphatic rings. The van der Waals surface area contributed by atoms with E-state index in [0.29, 0.717) is 29.5 Å². The van der Waals surface area contributed by atoms with Gasteiger partial charge in [0.05, 0.1) is 16.6 Å². The lowest BCUT2D eigenvalue weighted by molar-refractivity contribution is 0.0944. The zero-order chi connectivity index (χ0) is 20.0. The Hall–Kier alpha value is -3.13. The number of hydrogen-bond acceptors (Lipinski definition) is 5. The minimum Gasteiger partial charge on any atom is -0.352 e. The van der Waals surface area contributed by atoms with Crippen LogP contribution in [0.25, 0.3) is 16.7 Å². The van der Waals surface area contributed by atoms with Crippen molar-refractivity contribution in [1.82, 2.24) is 20.0 Å². The number of pyridine rings is 1. The lowest BCUT2D eigenvalue weighted by atomic mass is 9.98. The summed E-state index contributed by atoms with van der Waals surface area (Å²) in [5.41, 5.74) is 2.52. The maximum absolute atomic E-state index is 13.3. The standard InChI is InChI=1S/C21H24N6O2/c1-12-23-11-14-18(28)17(21(29)24-10-13-6-8-22-9-7-13)20-26-15-4-2-3-5-16(15)27(20)19(14)25-12/h2-5,11-13,22,25-26H,6-10H2,1H3,(H,24,29). The van der Waals surface area contributed by atoms with Gasteiger partial charge in [0.1, 0.15) is 23.2 Å². The van der Waals surface area contributed by atoms with Crippen molar-refractivity contribution in [2.75, 3.05) is 25.0 Å². The van der Waals surface area contributed by atoms with Crippen LogP contribution >= 0.6 is 0 Å². The Morgan fingerprint density at radius 1 is 1.28 bits per heavy atom. The molecule has 0 spiro atoms. The number of imidazole rings is 1.